The van der Waals surface area contributed by atoms with Crippen LogP contribution in [0.3, 0.4) is 0 Å². The Hall–Kier alpha value is -3.70. The molecular formula is C23H21F3N7O. The van der Waals surface area contributed by atoms with E-state index >= 15 is 0 Å². The summed E-state index contributed by atoms with van der Waals surface area (Å²) in [5, 5.41) is 21.2. The van der Waals surface area contributed by atoms with Gasteiger partial charge >= 0.3 is 6.18 Å². The number of anilines is 3. The summed E-state index contributed by atoms with van der Waals surface area (Å²) in [6.07, 6.45) is -1.64. The first kappa shape index (κ1) is 22.1. The molecule has 0 bridgehead atoms. The third kappa shape index (κ3) is 4.27. The highest BCUT2D eigenvalue weighted by atomic mass is 19.4. The van der Waals surface area contributed by atoms with E-state index in [1.807, 2.05) is 28.9 Å². The molecular weight excluding hydrogens is 447 g/mol. The van der Waals surface area contributed by atoms with E-state index in [1.54, 1.807) is 0 Å². The van der Waals surface area contributed by atoms with E-state index in [9.17, 15) is 18.4 Å². The van der Waals surface area contributed by atoms with Gasteiger partial charge in [0.1, 0.15) is 17.8 Å². The Kier molecular flexibility index (Phi) is 5.58. The van der Waals surface area contributed by atoms with Crippen molar-refractivity contribution in [2.45, 2.75) is 25.1 Å². The fraction of sp³-hybridized carbons (Fsp3) is 0.261. The average Bonchev–Trinajstić information content (AvgIpc) is 3.21. The molecule has 0 unspecified atom stereocenters. The van der Waals surface area contributed by atoms with E-state index in [0.717, 1.165) is 22.8 Å². The lowest BCUT2D eigenvalue weighted by Crippen LogP contribution is -2.31. The van der Waals surface area contributed by atoms with Crippen LogP contribution in [0.15, 0.2) is 54.9 Å². The predicted molar refractivity (Wildman–Crippen MR) is 120 cm³/mol. The number of fused-ring (bicyclic) bond motifs is 1. The van der Waals surface area contributed by atoms with Gasteiger partial charge in [0.25, 0.3) is 0 Å². The second-order valence-corrected chi connectivity index (χ2v) is 8.19. The molecule has 2 aromatic heterocycles. The molecule has 0 spiro atoms. The Morgan fingerprint density at radius 3 is 2.18 bits per heavy atom. The molecule has 0 amide bonds. The van der Waals surface area contributed by atoms with Crippen molar-refractivity contribution in [3.63, 3.8) is 0 Å². The van der Waals surface area contributed by atoms with Gasteiger partial charge < -0.3 is 11.1 Å². The number of nitrogens with zero attached hydrogens (tertiary/aromatic N) is 5. The highest BCUT2D eigenvalue weighted by Crippen LogP contribution is 2.35. The molecule has 0 saturated carbocycles. The first-order valence-electron chi connectivity index (χ1n) is 10.7. The highest BCUT2D eigenvalue weighted by Gasteiger charge is 2.30. The quantitative estimate of drug-likeness (QED) is 0.445. The van der Waals surface area contributed by atoms with Crippen molar-refractivity contribution in [1.29, 1.82) is 0 Å². The molecule has 0 atom stereocenters. The first-order chi connectivity index (χ1) is 16.3. The van der Waals surface area contributed by atoms with Gasteiger partial charge in [0.2, 0.25) is 0 Å². The van der Waals surface area contributed by atoms with Crippen LogP contribution in [0.5, 0.6) is 0 Å². The number of hydroxylamine groups is 2. The Labute approximate surface area is 192 Å². The number of piperidine rings is 1. The van der Waals surface area contributed by atoms with Crippen LogP contribution in [0.2, 0.25) is 0 Å². The molecule has 5 rings (SSSR count). The van der Waals surface area contributed by atoms with Crippen LogP contribution in [-0.4, -0.2) is 37.9 Å². The Bertz CT molecular complexity index is 1300. The number of alkyl halides is 3. The summed E-state index contributed by atoms with van der Waals surface area (Å²) in [4.78, 5) is 8.53. The standard InChI is InChI=1S/C23H21F3N7O/c24-23(25,26)15-3-7-17(8-4-15)30-16-5-1-14(2-6-16)20-19-21(27)28-13-29-22(19)33(31-20)18-9-11-32(34)12-10-18/h1-8,13,18,30H,9-12H2,(H2,27,28,29). The summed E-state index contributed by atoms with van der Waals surface area (Å²) in [6, 6.07) is 12.2. The van der Waals surface area contributed by atoms with Crippen LogP contribution in [0.4, 0.5) is 30.4 Å². The number of hydrogen-bond donors (Lipinski definition) is 2. The molecule has 3 heterocycles. The maximum absolute atomic E-state index is 12.8. The summed E-state index contributed by atoms with van der Waals surface area (Å²) < 4.78 is 40.1. The van der Waals surface area contributed by atoms with Gasteiger partial charge in [-0.15, -0.1) is 5.21 Å². The first-order valence-corrected chi connectivity index (χ1v) is 10.7. The van der Waals surface area contributed by atoms with Crippen molar-refractivity contribution in [2.24, 2.45) is 0 Å². The number of nitrogens with one attached hydrogen (secondary N) is 1. The molecule has 1 fully saturated rings. The van der Waals surface area contributed by atoms with Crippen molar-refractivity contribution in [1.82, 2.24) is 24.8 Å². The smallest absolute Gasteiger partial charge is 0.383 e. The molecule has 11 heteroatoms. The number of aromatic nitrogens is 4. The number of halogens is 3. The van der Waals surface area contributed by atoms with E-state index in [0.29, 0.717) is 59.9 Å². The van der Waals surface area contributed by atoms with Crippen molar-refractivity contribution >= 4 is 28.2 Å². The summed E-state index contributed by atoms with van der Waals surface area (Å²) >= 11 is 0. The van der Waals surface area contributed by atoms with Crippen LogP contribution >= 0.6 is 0 Å². The summed E-state index contributed by atoms with van der Waals surface area (Å²) in [6.45, 7) is 0.873. The van der Waals surface area contributed by atoms with Gasteiger partial charge in [-0.1, -0.05) is 12.1 Å². The zero-order valence-corrected chi connectivity index (χ0v) is 18.0. The minimum Gasteiger partial charge on any atom is -0.383 e. The number of nitrogen functional groups attached to an aromatic ring is 1. The van der Waals surface area contributed by atoms with Gasteiger partial charge in [0.05, 0.1) is 17.0 Å². The fourth-order valence-electron chi connectivity index (χ4n) is 4.16. The lowest BCUT2D eigenvalue weighted by Gasteiger charge is -2.26. The molecule has 175 valence electrons. The minimum atomic E-state index is -4.37. The van der Waals surface area contributed by atoms with Crippen LogP contribution < -0.4 is 11.1 Å². The molecule has 1 aliphatic heterocycles. The topological polar surface area (TPSA) is 105 Å². The van der Waals surface area contributed by atoms with E-state index in [-0.39, 0.29) is 6.04 Å². The number of hydrogen-bond acceptors (Lipinski definition) is 6. The number of benzene rings is 2. The lowest BCUT2D eigenvalue weighted by molar-refractivity contribution is -0.171. The van der Waals surface area contributed by atoms with Crippen LogP contribution in [0, 0.1) is 0 Å². The SMILES string of the molecule is Nc1ncnc2c1c(-c1ccc(Nc3ccc(C(F)(F)F)cc3)cc1)nn2C1CCN([O])CC1. The number of nitrogens with two attached hydrogens (primary N) is 1. The van der Waals surface area contributed by atoms with Gasteiger partial charge in [-0.3, -0.25) is 0 Å². The summed E-state index contributed by atoms with van der Waals surface area (Å²) in [7, 11) is 0. The maximum atomic E-state index is 12.8. The molecule has 3 N–H and O–H groups in total. The normalized spacial score (nSPS) is 15.6. The second kappa shape index (κ2) is 8.58. The van der Waals surface area contributed by atoms with Gasteiger partial charge in [-0.2, -0.15) is 23.3 Å². The van der Waals surface area contributed by atoms with Crippen LogP contribution in [0.1, 0.15) is 24.4 Å². The van der Waals surface area contributed by atoms with Crippen molar-refractivity contribution in [3.05, 3.63) is 60.4 Å². The molecule has 1 saturated heterocycles. The largest absolute Gasteiger partial charge is 0.416 e. The summed E-state index contributed by atoms with van der Waals surface area (Å²) in [5.74, 6) is 0.319. The molecule has 4 aromatic rings. The zero-order valence-electron chi connectivity index (χ0n) is 18.0. The van der Waals surface area contributed by atoms with E-state index in [1.165, 1.54) is 18.5 Å². The minimum absolute atomic E-state index is 0.0383. The van der Waals surface area contributed by atoms with Crippen LogP contribution in [0.25, 0.3) is 22.3 Å². The van der Waals surface area contributed by atoms with Gasteiger partial charge in [0.15, 0.2) is 5.65 Å². The van der Waals surface area contributed by atoms with Crippen LogP contribution in [-0.2, 0) is 11.4 Å². The van der Waals surface area contributed by atoms with E-state index in [2.05, 4.69) is 15.3 Å². The van der Waals surface area contributed by atoms with Gasteiger partial charge in [-0.05, 0) is 49.2 Å². The number of rotatable bonds is 4. The van der Waals surface area contributed by atoms with Crippen molar-refractivity contribution in [2.75, 3.05) is 24.1 Å². The predicted octanol–water partition coefficient (Wildman–Crippen LogP) is 4.82. The van der Waals surface area contributed by atoms with E-state index < -0.39 is 11.7 Å². The molecule has 2 aromatic carbocycles. The maximum Gasteiger partial charge on any atom is 0.416 e. The fourth-order valence-corrected chi connectivity index (χ4v) is 4.16. The van der Waals surface area contributed by atoms with Gasteiger partial charge in [0, 0.05) is 30.0 Å². The molecule has 8 nitrogen and oxygen atoms in total. The third-order valence-corrected chi connectivity index (χ3v) is 5.95. The summed E-state index contributed by atoms with van der Waals surface area (Å²) in [5.41, 5.74) is 8.79. The Morgan fingerprint density at radius 1 is 0.941 bits per heavy atom. The average molecular weight is 468 g/mol. The van der Waals surface area contributed by atoms with Crippen molar-refractivity contribution in [3.8, 4) is 11.3 Å². The second-order valence-electron chi connectivity index (χ2n) is 8.19. The molecule has 0 aliphatic carbocycles. The van der Waals surface area contributed by atoms with Crippen molar-refractivity contribution < 1.29 is 18.4 Å². The Morgan fingerprint density at radius 2 is 1.56 bits per heavy atom. The lowest BCUT2D eigenvalue weighted by atomic mass is 10.1. The zero-order chi connectivity index (χ0) is 23.9. The third-order valence-electron chi connectivity index (χ3n) is 5.95. The molecule has 34 heavy (non-hydrogen) atoms. The molecule has 1 radical (unpaired) electrons. The monoisotopic (exact) mass is 468 g/mol. The molecule has 1 aliphatic rings. The highest BCUT2D eigenvalue weighted by molar-refractivity contribution is 5.98. The van der Waals surface area contributed by atoms with E-state index in [4.69, 9.17) is 10.8 Å². The Balaban J connectivity index is 1.43. The van der Waals surface area contributed by atoms with Gasteiger partial charge in [-0.25, -0.2) is 14.6 Å².